The lowest BCUT2D eigenvalue weighted by molar-refractivity contribution is -0.134. The van der Waals surface area contributed by atoms with Gasteiger partial charge in [-0.2, -0.15) is 0 Å². The summed E-state index contributed by atoms with van der Waals surface area (Å²) >= 11 is 0. The number of phenolic OH excluding ortho intramolecular Hbond substituents is 1. The lowest BCUT2D eigenvalue weighted by Gasteiger charge is -2.27. The van der Waals surface area contributed by atoms with Crippen LogP contribution in [0, 0.1) is 5.92 Å². The maximum atomic E-state index is 13.7. The molecule has 0 heterocycles. The first-order valence-electron chi connectivity index (χ1n) is 17.2. The Morgan fingerprint density at radius 2 is 1.37 bits per heavy atom. The molecular weight excluding hydrogens is 634 g/mol. The molecule has 0 bridgehead atoms. The minimum Gasteiger partial charge on any atom is -0.508 e. The van der Waals surface area contributed by atoms with Crippen molar-refractivity contribution in [2.45, 2.75) is 104 Å². The van der Waals surface area contributed by atoms with E-state index in [1.54, 1.807) is 26.0 Å². The zero-order valence-corrected chi connectivity index (χ0v) is 29.4. The van der Waals surface area contributed by atoms with E-state index in [1.807, 2.05) is 13.8 Å². The van der Waals surface area contributed by atoms with Crippen molar-refractivity contribution < 1.29 is 38.6 Å². The molecule has 15 nitrogen and oxygen atoms in total. The van der Waals surface area contributed by atoms with Crippen LogP contribution in [-0.2, 0) is 35.1 Å². The van der Waals surface area contributed by atoms with E-state index in [0.717, 1.165) is 19.3 Å². The van der Waals surface area contributed by atoms with Gasteiger partial charge in [0.05, 0.1) is 13.2 Å². The number of aromatic hydroxyl groups is 1. The number of hydrogen-bond donors (Lipinski definition) is 8. The topological polar surface area (TPSA) is 230 Å². The van der Waals surface area contributed by atoms with Gasteiger partial charge in [0.1, 0.15) is 23.9 Å². The number of benzene rings is 1. The SMILES string of the molecule is CCCCCC(=O)N[C@H](C(=O)N[C@@H](CCCNC(N)=O)C(=O)N[C@@H](Cc1ccc(O)cc1)C(=O)NCCOCCNC(=O)CCC)C(C)C. The standard InChI is InChI=1S/C34H57N7O8/c1-5-7-8-12-29(44)41-30(23(3)4)33(47)39-26(11-9-17-38-34(35)48)32(46)40-27(22-24-13-15-25(42)16-14-24)31(45)37-19-21-49-20-18-36-28(43)10-6-2/h13-16,23,26-27,30,42H,5-12,17-22H2,1-4H3,(H,36,43)(H,37,45)(H,39,47)(H,40,46)(H,41,44)(H3,35,38,48)/t26-,27-,30-/m0/s1. The first kappa shape index (κ1) is 42.6. The molecule has 1 aromatic rings. The summed E-state index contributed by atoms with van der Waals surface area (Å²) in [7, 11) is 0. The molecule has 0 aliphatic heterocycles. The molecule has 9 N–H and O–H groups in total. The maximum Gasteiger partial charge on any atom is 0.312 e. The predicted molar refractivity (Wildman–Crippen MR) is 185 cm³/mol. The monoisotopic (exact) mass is 691 g/mol. The summed E-state index contributed by atoms with van der Waals surface area (Å²) < 4.78 is 5.49. The van der Waals surface area contributed by atoms with Gasteiger partial charge in [0.15, 0.2) is 0 Å². The third-order valence-corrected chi connectivity index (χ3v) is 7.48. The van der Waals surface area contributed by atoms with E-state index in [9.17, 15) is 33.9 Å². The average molecular weight is 692 g/mol. The molecule has 0 unspecified atom stereocenters. The summed E-state index contributed by atoms with van der Waals surface area (Å²) in [4.78, 5) is 75.8. The average Bonchev–Trinajstić information content (AvgIpc) is 3.04. The highest BCUT2D eigenvalue weighted by molar-refractivity contribution is 5.94. The van der Waals surface area contributed by atoms with Crippen LogP contribution in [0.5, 0.6) is 5.75 Å². The number of rotatable bonds is 25. The normalized spacial score (nSPS) is 12.7. The zero-order valence-electron chi connectivity index (χ0n) is 29.4. The molecule has 7 amide bonds. The van der Waals surface area contributed by atoms with E-state index in [0.29, 0.717) is 24.9 Å². The van der Waals surface area contributed by atoms with Gasteiger partial charge in [-0.25, -0.2) is 4.79 Å². The highest BCUT2D eigenvalue weighted by atomic mass is 16.5. The molecule has 0 spiro atoms. The van der Waals surface area contributed by atoms with E-state index in [-0.39, 0.29) is 75.5 Å². The Morgan fingerprint density at radius 1 is 0.714 bits per heavy atom. The number of carbonyl (C=O) groups is 6. The summed E-state index contributed by atoms with van der Waals surface area (Å²) in [5.74, 6) is -2.24. The van der Waals surface area contributed by atoms with Gasteiger partial charge in [0.25, 0.3) is 0 Å². The lowest BCUT2D eigenvalue weighted by Crippen LogP contribution is -2.58. The number of carbonyl (C=O) groups excluding carboxylic acids is 6. The van der Waals surface area contributed by atoms with E-state index < -0.39 is 41.9 Å². The van der Waals surface area contributed by atoms with Crippen molar-refractivity contribution in [3.05, 3.63) is 29.8 Å². The summed E-state index contributed by atoms with van der Waals surface area (Å²) in [6.45, 7) is 8.57. The highest BCUT2D eigenvalue weighted by Gasteiger charge is 2.31. The number of nitrogens with one attached hydrogen (secondary N) is 6. The fourth-order valence-electron chi connectivity index (χ4n) is 4.76. The Bertz CT molecular complexity index is 1180. The summed E-state index contributed by atoms with van der Waals surface area (Å²) in [6.07, 6.45) is 4.45. The molecule has 1 aromatic carbocycles. The number of amides is 7. The summed E-state index contributed by atoms with van der Waals surface area (Å²) in [5.41, 5.74) is 5.83. The van der Waals surface area contributed by atoms with Crippen molar-refractivity contribution in [3.8, 4) is 5.75 Å². The fourth-order valence-corrected chi connectivity index (χ4v) is 4.76. The summed E-state index contributed by atoms with van der Waals surface area (Å²) in [6, 6.07) is 2.39. The number of hydrogen-bond acceptors (Lipinski definition) is 8. The second-order valence-electron chi connectivity index (χ2n) is 12.2. The Kier molecular flexibility index (Phi) is 21.5. The Balaban J connectivity index is 3.02. The molecule has 276 valence electrons. The molecule has 3 atom stereocenters. The van der Waals surface area contributed by atoms with Crippen LogP contribution in [0.15, 0.2) is 24.3 Å². The molecule has 0 aliphatic carbocycles. The number of phenols is 1. The van der Waals surface area contributed by atoms with Crippen molar-refractivity contribution in [3.63, 3.8) is 0 Å². The van der Waals surface area contributed by atoms with E-state index >= 15 is 0 Å². The fraction of sp³-hybridized carbons (Fsp3) is 0.647. The van der Waals surface area contributed by atoms with Gasteiger partial charge in [0, 0.05) is 38.9 Å². The minimum atomic E-state index is -1.11. The second kappa shape index (κ2) is 24.7. The first-order chi connectivity index (χ1) is 23.4. The smallest absolute Gasteiger partial charge is 0.312 e. The molecule has 0 saturated heterocycles. The van der Waals surface area contributed by atoms with Crippen LogP contribution < -0.4 is 37.6 Å². The van der Waals surface area contributed by atoms with Gasteiger partial charge in [0.2, 0.25) is 29.5 Å². The van der Waals surface area contributed by atoms with Crippen LogP contribution in [0.25, 0.3) is 0 Å². The van der Waals surface area contributed by atoms with Gasteiger partial charge in [-0.1, -0.05) is 52.7 Å². The number of nitrogens with two attached hydrogens (primary N) is 1. The predicted octanol–water partition coefficient (Wildman–Crippen LogP) is 1.12. The molecule has 1 rings (SSSR count). The molecular formula is C34H57N7O8. The maximum absolute atomic E-state index is 13.7. The van der Waals surface area contributed by atoms with Crippen LogP contribution >= 0.6 is 0 Å². The Morgan fingerprint density at radius 3 is 1.98 bits per heavy atom. The molecule has 0 saturated carbocycles. The van der Waals surface area contributed by atoms with E-state index in [2.05, 4.69) is 31.9 Å². The molecule has 0 radical (unpaired) electrons. The van der Waals surface area contributed by atoms with Crippen LogP contribution in [0.1, 0.15) is 84.6 Å². The first-order valence-corrected chi connectivity index (χ1v) is 17.2. The van der Waals surface area contributed by atoms with Crippen molar-refractivity contribution in [2.24, 2.45) is 11.7 Å². The van der Waals surface area contributed by atoms with Gasteiger partial charge < -0.3 is 47.5 Å². The van der Waals surface area contributed by atoms with Gasteiger partial charge in [-0.3, -0.25) is 24.0 Å². The third kappa shape index (κ3) is 19.3. The molecule has 0 aromatic heterocycles. The third-order valence-electron chi connectivity index (χ3n) is 7.48. The highest BCUT2D eigenvalue weighted by Crippen LogP contribution is 2.12. The lowest BCUT2D eigenvalue weighted by atomic mass is 10.0. The molecule has 0 fully saturated rings. The second-order valence-corrected chi connectivity index (χ2v) is 12.2. The van der Waals surface area contributed by atoms with Crippen molar-refractivity contribution in [1.29, 1.82) is 0 Å². The number of urea groups is 1. The largest absolute Gasteiger partial charge is 0.508 e. The van der Waals surface area contributed by atoms with E-state index in [1.165, 1.54) is 12.1 Å². The number of unbranched alkanes of at least 4 members (excludes halogenated alkanes) is 2. The Labute approximate surface area is 289 Å². The molecule has 49 heavy (non-hydrogen) atoms. The quantitative estimate of drug-likeness (QED) is 0.0691. The van der Waals surface area contributed by atoms with Crippen molar-refractivity contribution in [2.75, 3.05) is 32.8 Å². The van der Waals surface area contributed by atoms with Crippen molar-refractivity contribution in [1.82, 2.24) is 31.9 Å². The van der Waals surface area contributed by atoms with Crippen LogP contribution in [0.2, 0.25) is 0 Å². The zero-order chi connectivity index (χ0) is 36.6. The number of primary amides is 1. The Hall–Kier alpha value is -4.40. The van der Waals surface area contributed by atoms with Crippen LogP contribution in [0.4, 0.5) is 4.79 Å². The molecule has 15 heteroatoms. The summed E-state index contributed by atoms with van der Waals surface area (Å²) in [5, 5.41) is 25.9. The molecule has 0 aliphatic rings. The van der Waals surface area contributed by atoms with Crippen molar-refractivity contribution >= 4 is 35.6 Å². The number of ether oxygens (including phenoxy) is 1. The van der Waals surface area contributed by atoms with E-state index in [4.69, 9.17) is 10.5 Å². The van der Waals surface area contributed by atoms with Crippen LogP contribution in [-0.4, -0.2) is 91.6 Å². The van der Waals surface area contributed by atoms with Crippen LogP contribution in [0.3, 0.4) is 0 Å². The van der Waals surface area contributed by atoms with Gasteiger partial charge >= 0.3 is 6.03 Å². The van der Waals surface area contributed by atoms with Gasteiger partial charge in [-0.15, -0.1) is 0 Å². The minimum absolute atomic E-state index is 0.0429. The van der Waals surface area contributed by atoms with Gasteiger partial charge in [-0.05, 0) is 49.3 Å².